The Morgan fingerprint density at radius 1 is 0.968 bits per heavy atom. The van der Waals surface area contributed by atoms with Gasteiger partial charge >= 0.3 is 0 Å². The first-order chi connectivity index (χ1) is 15.1. The molecule has 0 aliphatic carbocycles. The lowest BCUT2D eigenvalue weighted by atomic mass is 10.0. The van der Waals surface area contributed by atoms with Crippen molar-refractivity contribution in [3.63, 3.8) is 0 Å². The zero-order chi connectivity index (χ0) is 21.8. The highest BCUT2D eigenvalue weighted by molar-refractivity contribution is 5.84. The molecule has 1 aliphatic rings. The maximum atomic E-state index is 13.0. The number of carbonyl (C=O) groups is 1. The molecule has 1 saturated heterocycles. The molecule has 0 aromatic heterocycles. The summed E-state index contributed by atoms with van der Waals surface area (Å²) in [7, 11) is 5.24. The second-order valence-corrected chi connectivity index (χ2v) is 8.20. The van der Waals surface area contributed by atoms with Crippen molar-refractivity contribution < 1.29 is 14.3 Å². The van der Waals surface area contributed by atoms with Crippen molar-refractivity contribution in [2.24, 2.45) is 0 Å². The zero-order valence-electron chi connectivity index (χ0n) is 18.5. The van der Waals surface area contributed by atoms with Gasteiger partial charge in [-0.15, -0.1) is 0 Å². The van der Waals surface area contributed by atoms with Crippen LogP contribution in [0.2, 0.25) is 0 Å². The van der Waals surface area contributed by atoms with Crippen molar-refractivity contribution in [1.29, 1.82) is 0 Å². The van der Waals surface area contributed by atoms with E-state index >= 15 is 0 Å². The van der Waals surface area contributed by atoms with Crippen LogP contribution in [0.5, 0.6) is 11.5 Å². The van der Waals surface area contributed by atoms with E-state index in [9.17, 15) is 4.79 Å². The normalized spacial score (nSPS) is 16.4. The predicted octanol–water partition coefficient (Wildman–Crippen LogP) is 4.65. The Balaban J connectivity index is 1.40. The summed E-state index contributed by atoms with van der Waals surface area (Å²) in [6.07, 6.45) is 2.19. The third kappa shape index (κ3) is 4.83. The summed E-state index contributed by atoms with van der Waals surface area (Å²) in [6.45, 7) is 1.99. The van der Waals surface area contributed by atoms with Crippen LogP contribution < -0.4 is 9.47 Å². The van der Waals surface area contributed by atoms with Gasteiger partial charge in [-0.3, -0.25) is 9.69 Å². The first-order valence-electron chi connectivity index (χ1n) is 10.8. The molecule has 162 valence electrons. The van der Waals surface area contributed by atoms with Crippen LogP contribution in [0.1, 0.15) is 30.0 Å². The number of fused-ring (bicyclic) bond motifs is 1. The van der Waals surface area contributed by atoms with Crippen LogP contribution in [0.25, 0.3) is 10.8 Å². The number of hydrogen-bond donors (Lipinski definition) is 0. The van der Waals surface area contributed by atoms with E-state index in [2.05, 4.69) is 41.3 Å². The number of nitrogens with zero attached hydrogens (tertiary/aromatic N) is 2. The molecule has 0 spiro atoms. The van der Waals surface area contributed by atoms with Crippen molar-refractivity contribution >= 4 is 16.7 Å². The topological polar surface area (TPSA) is 42.0 Å². The van der Waals surface area contributed by atoms with Gasteiger partial charge in [0.1, 0.15) is 11.5 Å². The summed E-state index contributed by atoms with van der Waals surface area (Å²) in [6, 6.07) is 20.9. The quantitative estimate of drug-likeness (QED) is 0.560. The highest BCUT2D eigenvalue weighted by atomic mass is 16.5. The van der Waals surface area contributed by atoms with Gasteiger partial charge in [0, 0.05) is 19.6 Å². The van der Waals surface area contributed by atoms with Gasteiger partial charge in [0.15, 0.2) is 0 Å². The molecule has 1 atom stereocenters. The molecule has 0 N–H and O–H groups in total. The number of rotatable bonds is 7. The molecule has 1 heterocycles. The Hall–Kier alpha value is -3.05. The van der Waals surface area contributed by atoms with Gasteiger partial charge in [0.2, 0.25) is 5.91 Å². The molecule has 1 amide bonds. The molecule has 5 nitrogen and oxygen atoms in total. The Bertz CT molecular complexity index is 1050. The minimum Gasteiger partial charge on any atom is -0.497 e. The second-order valence-electron chi connectivity index (χ2n) is 8.20. The number of carbonyl (C=O) groups excluding carboxylic acids is 1. The Kier molecular flexibility index (Phi) is 6.42. The molecule has 4 rings (SSSR count). The Labute approximate surface area is 184 Å². The summed E-state index contributed by atoms with van der Waals surface area (Å²) in [5, 5.41) is 2.29. The van der Waals surface area contributed by atoms with E-state index in [-0.39, 0.29) is 5.91 Å². The summed E-state index contributed by atoms with van der Waals surface area (Å²) >= 11 is 0. The van der Waals surface area contributed by atoms with Crippen LogP contribution in [0, 0.1) is 0 Å². The number of benzene rings is 3. The molecule has 1 fully saturated rings. The van der Waals surface area contributed by atoms with Crippen LogP contribution >= 0.6 is 0 Å². The van der Waals surface area contributed by atoms with Gasteiger partial charge < -0.3 is 14.4 Å². The lowest BCUT2D eigenvalue weighted by Gasteiger charge is -2.27. The molecular formula is C26H30N2O3. The van der Waals surface area contributed by atoms with E-state index in [0.717, 1.165) is 47.2 Å². The fourth-order valence-electron chi connectivity index (χ4n) is 4.37. The molecular weight excluding hydrogens is 388 g/mol. The van der Waals surface area contributed by atoms with Gasteiger partial charge in [0.25, 0.3) is 0 Å². The van der Waals surface area contributed by atoms with Gasteiger partial charge in [-0.05, 0) is 71.6 Å². The molecule has 5 heteroatoms. The summed E-state index contributed by atoms with van der Waals surface area (Å²) in [4.78, 5) is 17.1. The molecule has 0 radical (unpaired) electrons. The number of likely N-dealkylation sites (tertiary alicyclic amines) is 1. The minimum atomic E-state index is 0.148. The first kappa shape index (κ1) is 21.2. The number of amides is 1. The highest BCUT2D eigenvalue weighted by Gasteiger charge is 2.28. The monoisotopic (exact) mass is 418 g/mol. The predicted molar refractivity (Wildman–Crippen MR) is 124 cm³/mol. The van der Waals surface area contributed by atoms with Crippen LogP contribution in [-0.2, 0) is 11.3 Å². The van der Waals surface area contributed by atoms with Crippen molar-refractivity contribution in [2.45, 2.75) is 25.4 Å². The van der Waals surface area contributed by atoms with Gasteiger partial charge in [0.05, 0.1) is 20.8 Å². The van der Waals surface area contributed by atoms with Crippen molar-refractivity contribution in [2.75, 3.05) is 34.4 Å². The Morgan fingerprint density at radius 3 is 2.39 bits per heavy atom. The van der Waals surface area contributed by atoms with E-state index in [0.29, 0.717) is 19.1 Å². The van der Waals surface area contributed by atoms with Gasteiger partial charge in [-0.2, -0.15) is 0 Å². The zero-order valence-corrected chi connectivity index (χ0v) is 18.5. The minimum absolute atomic E-state index is 0.148. The smallest absolute Gasteiger partial charge is 0.236 e. The molecule has 0 bridgehead atoms. The van der Waals surface area contributed by atoms with E-state index < -0.39 is 0 Å². The summed E-state index contributed by atoms with van der Waals surface area (Å²) < 4.78 is 10.6. The molecule has 0 saturated carbocycles. The molecule has 0 unspecified atom stereocenters. The maximum absolute atomic E-state index is 13.0. The summed E-state index contributed by atoms with van der Waals surface area (Å²) in [5.74, 6) is 1.86. The molecule has 31 heavy (non-hydrogen) atoms. The lowest BCUT2D eigenvalue weighted by Crippen LogP contribution is -2.37. The molecule has 3 aromatic carbocycles. The van der Waals surface area contributed by atoms with Gasteiger partial charge in [-0.25, -0.2) is 0 Å². The number of likely N-dealkylation sites (N-methyl/N-ethyl adjacent to an activating group) is 1. The van der Waals surface area contributed by atoms with Crippen molar-refractivity contribution in [3.8, 4) is 11.5 Å². The van der Waals surface area contributed by atoms with E-state index in [1.807, 2.05) is 36.2 Å². The standard InChI is InChI=1S/C26H30N2O3/c1-27(17-19-6-7-22-16-24(31-3)13-10-21(22)15-19)26(29)18-28-14-4-5-25(28)20-8-11-23(30-2)12-9-20/h6-13,15-16,25H,4-5,14,17-18H2,1-3H3/t25-/m0/s1. The van der Waals surface area contributed by atoms with E-state index in [4.69, 9.17) is 9.47 Å². The van der Waals surface area contributed by atoms with Gasteiger partial charge in [-0.1, -0.05) is 30.3 Å². The maximum Gasteiger partial charge on any atom is 0.236 e. The number of hydrogen-bond acceptors (Lipinski definition) is 4. The van der Waals surface area contributed by atoms with Crippen molar-refractivity contribution in [3.05, 3.63) is 71.8 Å². The average molecular weight is 419 g/mol. The van der Waals surface area contributed by atoms with Crippen LogP contribution in [0.15, 0.2) is 60.7 Å². The average Bonchev–Trinajstić information content (AvgIpc) is 3.26. The summed E-state index contributed by atoms with van der Waals surface area (Å²) in [5.41, 5.74) is 2.38. The number of ether oxygens (including phenoxy) is 2. The van der Waals surface area contributed by atoms with Crippen LogP contribution in [0.3, 0.4) is 0 Å². The Morgan fingerprint density at radius 2 is 1.65 bits per heavy atom. The second kappa shape index (κ2) is 9.40. The van der Waals surface area contributed by atoms with E-state index in [1.165, 1.54) is 5.56 Å². The molecule has 1 aliphatic heterocycles. The lowest BCUT2D eigenvalue weighted by molar-refractivity contribution is -0.131. The fraction of sp³-hybridized carbons (Fsp3) is 0.346. The van der Waals surface area contributed by atoms with Crippen LogP contribution in [0.4, 0.5) is 0 Å². The van der Waals surface area contributed by atoms with Crippen molar-refractivity contribution in [1.82, 2.24) is 9.80 Å². The SMILES string of the molecule is COc1ccc([C@@H]2CCCN2CC(=O)N(C)Cc2ccc3cc(OC)ccc3c2)cc1. The fourth-order valence-corrected chi connectivity index (χ4v) is 4.37. The largest absolute Gasteiger partial charge is 0.497 e. The van der Waals surface area contributed by atoms with Crippen LogP contribution in [-0.4, -0.2) is 50.1 Å². The van der Waals surface area contributed by atoms with E-state index in [1.54, 1.807) is 14.2 Å². The number of methoxy groups -OCH3 is 2. The third-order valence-corrected chi connectivity index (χ3v) is 6.16. The molecule has 3 aromatic rings. The first-order valence-corrected chi connectivity index (χ1v) is 10.8. The third-order valence-electron chi connectivity index (χ3n) is 6.16. The highest BCUT2D eigenvalue weighted by Crippen LogP contribution is 2.32.